The predicted octanol–water partition coefficient (Wildman–Crippen LogP) is 0.718. The number of aliphatic carboxylic acids is 1. The molecule has 0 aromatic carbocycles. The van der Waals surface area contributed by atoms with Gasteiger partial charge in [-0.05, 0) is 25.7 Å². The van der Waals surface area contributed by atoms with Crippen molar-refractivity contribution in [3.8, 4) is 0 Å². The van der Waals surface area contributed by atoms with Crippen LogP contribution in [0.4, 0.5) is 0 Å². The van der Waals surface area contributed by atoms with E-state index in [1.165, 1.54) is 0 Å². The zero-order valence-corrected chi connectivity index (χ0v) is 8.27. The molecule has 2 rings (SSSR count). The van der Waals surface area contributed by atoms with Crippen molar-refractivity contribution in [2.75, 3.05) is 6.54 Å². The number of fused-ring (bicyclic) bond motifs is 2. The van der Waals surface area contributed by atoms with Gasteiger partial charge in [-0.25, -0.2) is 0 Å². The highest BCUT2D eigenvalue weighted by atomic mass is 16.4. The van der Waals surface area contributed by atoms with Crippen molar-refractivity contribution >= 4 is 11.9 Å². The Kier molecular flexibility index (Phi) is 2.21. The predicted molar refractivity (Wildman–Crippen MR) is 49.6 cm³/mol. The first-order valence-corrected chi connectivity index (χ1v) is 5.15. The topological polar surface area (TPSA) is 57.6 Å². The number of hydrogen-bond donors (Lipinski definition) is 1. The van der Waals surface area contributed by atoms with Crippen molar-refractivity contribution in [2.45, 2.75) is 32.2 Å². The van der Waals surface area contributed by atoms with Crippen LogP contribution in [0.2, 0.25) is 0 Å². The fraction of sp³-hybridized carbons (Fsp3) is 0.800. The number of amides is 1. The van der Waals surface area contributed by atoms with Gasteiger partial charge in [0, 0.05) is 19.0 Å². The van der Waals surface area contributed by atoms with E-state index in [9.17, 15) is 9.59 Å². The lowest BCUT2D eigenvalue weighted by Crippen LogP contribution is -2.46. The molecule has 0 aromatic heterocycles. The number of carbonyl (C=O) groups is 2. The lowest BCUT2D eigenvalue weighted by Gasteiger charge is -2.33. The normalized spacial score (nSPS) is 36.2. The quantitative estimate of drug-likeness (QED) is 0.709. The minimum absolute atomic E-state index is 0.0382. The molecule has 1 saturated heterocycles. The molecule has 2 bridgehead atoms. The van der Waals surface area contributed by atoms with Gasteiger partial charge >= 0.3 is 5.97 Å². The van der Waals surface area contributed by atoms with Gasteiger partial charge in [-0.1, -0.05) is 0 Å². The van der Waals surface area contributed by atoms with E-state index in [0.717, 1.165) is 6.42 Å². The molecule has 1 aliphatic carbocycles. The molecular formula is C10H15NO3. The number of piperidine rings is 1. The van der Waals surface area contributed by atoms with Gasteiger partial charge in [0.2, 0.25) is 5.91 Å². The van der Waals surface area contributed by atoms with Crippen molar-refractivity contribution in [2.24, 2.45) is 11.8 Å². The molecule has 78 valence electrons. The zero-order chi connectivity index (χ0) is 10.3. The molecule has 2 fully saturated rings. The van der Waals surface area contributed by atoms with E-state index in [2.05, 4.69) is 0 Å². The van der Waals surface area contributed by atoms with Crippen LogP contribution in [0.5, 0.6) is 0 Å². The van der Waals surface area contributed by atoms with Crippen LogP contribution in [-0.4, -0.2) is 34.5 Å². The average Bonchev–Trinajstić information content (AvgIpc) is 2.45. The van der Waals surface area contributed by atoms with Crippen LogP contribution in [0.25, 0.3) is 0 Å². The SMILES string of the molecule is CCN1C(=O)C[C@H]2C[C@H](C(=O)O)[C@@H]1C2. The first-order valence-electron chi connectivity index (χ1n) is 5.15. The number of likely N-dealkylation sites (tertiary alicyclic amines) is 1. The van der Waals surface area contributed by atoms with Gasteiger partial charge in [-0.2, -0.15) is 0 Å². The van der Waals surface area contributed by atoms with Crippen LogP contribution >= 0.6 is 0 Å². The fourth-order valence-corrected chi connectivity index (χ4v) is 2.85. The highest BCUT2D eigenvalue weighted by Crippen LogP contribution is 2.41. The Bertz CT molecular complexity index is 275. The Morgan fingerprint density at radius 2 is 2.29 bits per heavy atom. The van der Waals surface area contributed by atoms with E-state index in [4.69, 9.17) is 5.11 Å². The van der Waals surface area contributed by atoms with Gasteiger partial charge < -0.3 is 10.0 Å². The van der Waals surface area contributed by atoms with Crippen LogP contribution in [0, 0.1) is 11.8 Å². The molecule has 2 aliphatic rings. The van der Waals surface area contributed by atoms with E-state index in [1.807, 2.05) is 6.92 Å². The van der Waals surface area contributed by atoms with Gasteiger partial charge in [0.1, 0.15) is 0 Å². The summed E-state index contributed by atoms with van der Waals surface area (Å²) >= 11 is 0. The summed E-state index contributed by atoms with van der Waals surface area (Å²) in [5, 5.41) is 9.02. The van der Waals surface area contributed by atoms with Crippen molar-refractivity contribution in [1.29, 1.82) is 0 Å². The molecule has 0 unspecified atom stereocenters. The first kappa shape index (κ1) is 9.49. The molecule has 3 atom stereocenters. The van der Waals surface area contributed by atoms with Crippen LogP contribution in [0.3, 0.4) is 0 Å². The zero-order valence-electron chi connectivity index (χ0n) is 8.27. The van der Waals surface area contributed by atoms with E-state index in [0.29, 0.717) is 25.3 Å². The Morgan fingerprint density at radius 3 is 2.86 bits per heavy atom. The molecule has 1 saturated carbocycles. The maximum absolute atomic E-state index is 11.6. The molecule has 0 spiro atoms. The number of carbonyl (C=O) groups excluding carboxylic acids is 1. The third kappa shape index (κ3) is 1.29. The van der Waals surface area contributed by atoms with E-state index < -0.39 is 5.97 Å². The van der Waals surface area contributed by atoms with Crippen molar-refractivity contribution in [3.63, 3.8) is 0 Å². The third-order valence-corrected chi connectivity index (χ3v) is 3.47. The first-order chi connectivity index (χ1) is 6.63. The standard InChI is InChI=1S/C10H15NO3/c1-2-11-8-4-6(5-9(11)12)3-7(8)10(13)14/h6-8H,2-5H2,1H3,(H,13,14)/t6-,7-,8-/m0/s1. The van der Waals surface area contributed by atoms with Crippen LogP contribution in [0.15, 0.2) is 0 Å². The minimum Gasteiger partial charge on any atom is -0.481 e. The van der Waals surface area contributed by atoms with Gasteiger partial charge in [0.15, 0.2) is 0 Å². The lowest BCUT2D eigenvalue weighted by atomic mass is 9.98. The largest absolute Gasteiger partial charge is 0.481 e. The Balaban J connectivity index is 2.21. The van der Waals surface area contributed by atoms with Crippen molar-refractivity contribution < 1.29 is 14.7 Å². The smallest absolute Gasteiger partial charge is 0.308 e. The maximum atomic E-state index is 11.6. The number of rotatable bonds is 2. The fourth-order valence-electron chi connectivity index (χ4n) is 2.85. The monoisotopic (exact) mass is 197 g/mol. The molecule has 4 nitrogen and oxygen atoms in total. The number of hydrogen-bond acceptors (Lipinski definition) is 2. The van der Waals surface area contributed by atoms with Gasteiger partial charge in [-0.3, -0.25) is 9.59 Å². The van der Waals surface area contributed by atoms with E-state index in [1.54, 1.807) is 4.90 Å². The summed E-state index contributed by atoms with van der Waals surface area (Å²) in [5.41, 5.74) is 0. The van der Waals surface area contributed by atoms with Crippen LogP contribution in [-0.2, 0) is 9.59 Å². The van der Waals surface area contributed by atoms with Gasteiger partial charge in [0.05, 0.1) is 5.92 Å². The molecule has 0 radical (unpaired) electrons. The van der Waals surface area contributed by atoms with Crippen LogP contribution in [0.1, 0.15) is 26.2 Å². The summed E-state index contributed by atoms with van der Waals surface area (Å²) in [6.07, 6.45) is 2.12. The molecular weight excluding hydrogens is 182 g/mol. The lowest BCUT2D eigenvalue weighted by molar-refractivity contribution is -0.145. The summed E-state index contributed by atoms with van der Waals surface area (Å²) in [4.78, 5) is 24.3. The molecule has 1 aliphatic heterocycles. The highest BCUT2D eigenvalue weighted by Gasteiger charge is 2.47. The van der Waals surface area contributed by atoms with Gasteiger partial charge in [0.25, 0.3) is 0 Å². The van der Waals surface area contributed by atoms with E-state index in [-0.39, 0.29) is 17.9 Å². The summed E-state index contributed by atoms with van der Waals surface area (Å²) < 4.78 is 0. The second-order valence-electron chi connectivity index (χ2n) is 4.23. The number of carboxylic acids is 1. The average molecular weight is 197 g/mol. The van der Waals surface area contributed by atoms with E-state index >= 15 is 0 Å². The molecule has 0 aromatic rings. The Morgan fingerprint density at radius 1 is 1.57 bits per heavy atom. The minimum atomic E-state index is -0.745. The summed E-state index contributed by atoms with van der Waals surface area (Å²) in [5.74, 6) is -0.619. The second kappa shape index (κ2) is 3.26. The third-order valence-electron chi connectivity index (χ3n) is 3.47. The Hall–Kier alpha value is -1.06. The summed E-state index contributed by atoms with van der Waals surface area (Å²) in [6, 6.07) is -0.0382. The molecule has 14 heavy (non-hydrogen) atoms. The Labute approximate surface area is 82.9 Å². The van der Waals surface area contributed by atoms with Gasteiger partial charge in [-0.15, -0.1) is 0 Å². The highest BCUT2D eigenvalue weighted by molar-refractivity contribution is 5.81. The number of nitrogens with zero attached hydrogens (tertiary/aromatic N) is 1. The molecule has 1 heterocycles. The molecule has 4 heteroatoms. The van der Waals surface area contributed by atoms with Crippen LogP contribution < -0.4 is 0 Å². The second-order valence-corrected chi connectivity index (χ2v) is 4.23. The molecule has 1 N–H and O–H groups in total. The summed E-state index contributed by atoms with van der Waals surface area (Å²) in [7, 11) is 0. The summed E-state index contributed by atoms with van der Waals surface area (Å²) in [6.45, 7) is 2.55. The van der Waals surface area contributed by atoms with Crippen molar-refractivity contribution in [3.05, 3.63) is 0 Å². The van der Waals surface area contributed by atoms with Crippen molar-refractivity contribution in [1.82, 2.24) is 4.90 Å². The number of carboxylic acid groups (broad SMARTS) is 1. The maximum Gasteiger partial charge on any atom is 0.308 e. The molecule has 1 amide bonds.